The van der Waals surface area contributed by atoms with Gasteiger partial charge in [-0.3, -0.25) is 25.2 Å². The Kier molecular flexibility index (Phi) is 7.16. The minimum Gasteiger partial charge on any atom is -0.481 e. The van der Waals surface area contributed by atoms with Gasteiger partial charge in [-0.2, -0.15) is 0 Å². The molecule has 2 unspecified atom stereocenters. The van der Waals surface area contributed by atoms with Gasteiger partial charge in [-0.15, -0.1) is 0 Å². The number of nitrogens with one attached hydrogen (secondary N) is 3. The number of benzene rings is 1. The molecule has 0 radical (unpaired) electrons. The fourth-order valence-corrected chi connectivity index (χ4v) is 1.83. The van der Waals surface area contributed by atoms with Crippen molar-refractivity contribution >= 4 is 17.7 Å². The van der Waals surface area contributed by atoms with Crippen molar-refractivity contribution in [3.05, 3.63) is 30.1 Å². The van der Waals surface area contributed by atoms with Crippen LogP contribution in [0.3, 0.4) is 0 Å². The van der Waals surface area contributed by atoms with Crippen LogP contribution in [0.4, 0.5) is 4.39 Å². The summed E-state index contributed by atoms with van der Waals surface area (Å²) in [7, 11) is 0. The predicted molar refractivity (Wildman–Crippen MR) is 85.2 cm³/mol. The Balaban J connectivity index is 2.52. The van der Waals surface area contributed by atoms with Crippen molar-refractivity contribution in [1.82, 2.24) is 16.2 Å². The molecule has 24 heavy (non-hydrogen) atoms. The third-order valence-electron chi connectivity index (χ3n) is 3.11. The highest BCUT2D eigenvalue weighted by Crippen LogP contribution is 2.12. The van der Waals surface area contributed by atoms with Gasteiger partial charge in [-0.1, -0.05) is 13.8 Å². The summed E-state index contributed by atoms with van der Waals surface area (Å²) >= 11 is 0. The summed E-state index contributed by atoms with van der Waals surface area (Å²) in [6, 6.07) is 4.44. The normalized spacial score (nSPS) is 12.9. The van der Waals surface area contributed by atoms with Crippen molar-refractivity contribution < 1.29 is 23.5 Å². The molecule has 0 spiro atoms. The SMILES string of the molecule is CC(=O)NC(C(=O)NNC(=O)C(C)Oc1ccc(F)cc1)C(C)C. The number of amides is 3. The molecule has 1 aromatic rings. The minimum atomic E-state index is -0.908. The lowest BCUT2D eigenvalue weighted by atomic mass is 10.0. The predicted octanol–water partition coefficient (Wildman–Crippen LogP) is 0.901. The third kappa shape index (κ3) is 6.23. The Morgan fingerprint density at radius 1 is 1.00 bits per heavy atom. The molecule has 0 aromatic heterocycles. The molecule has 0 aliphatic carbocycles. The van der Waals surface area contributed by atoms with E-state index in [4.69, 9.17) is 4.74 Å². The average molecular weight is 339 g/mol. The van der Waals surface area contributed by atoms with Crippen LogP contribution in [0.5, 0.6) is 5.75 Å². The van der Waals surface area contributed by atoms with Crippen molar-refractivity contribution in [2.24, 2.45) is 5.92 Å². The fourth-order valence-electron chi connectivity index (χ4n) is 1.83. The van der Waals surface area contributed by atoms with Crippen molar-refractivity contribution in [2.45, 2.75) is 39.8 Å². The highest BCUT2D eigenvalue weighted by Gasteiger charge is 2.24. The maximum absolute atomic E-state index is 12.8. The lowest BCUT2D eigenvalue weighted by Crippen LogP contribution is -2.55. The maximum atomic E-state index is 12.8. The second kappa shape index (κ2) is 8.85. The minimum absolute atomic E-state index is 0.154. The van der Waals surface area contributed by atoms with E-state index in [1.54, 1.807) is 13.8 Å². The Morgan fingerprint density at radius 3 is 2.04 bits per heavy atom. The van der Waals surface area contributed by atoms with E-state index in [0.717, 1.165) is 0 Å². The Bertz CT molecular complexity index is 589. The van der Waals surface area contributed by atoms with Gasteiger partial charge >= 0.3 is 0 Å². The molecule has 7 nitrogen and oxygen atoms in total. The zero-order chi connectivity index (χ0) is 18.3. The lowest BCUT2D eigenvalue weighted by molar-refractivity contribution is -0.135. The summed E-state index contributed by atoms with van der Waals surface area (Å²) in [5, 5.41) is 2.51. The van der Waals surface area contributed by atoms with Crippen LogP contribution >= 0.6 is 0 Å². The molecule has 0 bridgehead atoms. The molecule has 1 rings (SSSR count). The number of rotatable bonds is 6. The van der Waals surface area contributed by atoms with E-state index in [0.29, 0.717) is 5.75 Å². The molecule has 0 saturated heterocycles. The molecule has 8 heteroatoms. The van der Waals surface area contributed by atoms with Gasteiger partial charge in [0.1, 0.15) is 17.6 Å². The molecule has 0 saturated carbocycles. The number of hydrogen-bond donors (Lipinski definition) is 3. The molecule has 0 aliphatic heterocycles. The van der Waals surface area contributed by atoms with Gasteiger partial charge in [0, 0.05) is 6.92 Å². The van der Waals surface area contributed by atoms with E-state index in [1.165, 1.54) is 38.1 Å². The van der Waals surface area contributed by atoms with Crippen molar-refractivity contribution in [1.29, 1.82) is 0 Å². The first-order valence-corrected chi connectivity index (χ1v) is 7.49. The number of carbonyl (C=O) groups is 3. The van der Waals surface area contributed by atoms with Crippen LogP contribution in [0.1, 0.15) is 27.7 Å². The zero-order valence-corrected chi connectivity index (χ0v) is 14.1. The van der Waals surface area contributed by atoms with Crippen molar-refractivity contribution in [2.75, 3.05) is 0 Å². The van der Waals surface area contributed by atoms with Crippen LogP contribution in [0, 0.1) is 11.7 Å². The third-order valence-corrected chi connectivity index (χ3v) is 3.11. The first-order valence-electron chi connectivity index (χ1n) is 7.49. The van der Waals surface area contributed by atoms with Gasteiger partial charge in [0.05, 0.1) is 0 Å². The van der Waals surface area contributed by atoms with Gasteiger partial charge in [0.2, 0.25) is 5.91 Å². The molecule has 2 atom stereocenters. The lowest BCUT2D eigenvalue weighted by Gasteiger charge is -2.22. The largest absolute Gasteiger partial charge is 0.481 e. The highest BCUT2D eigenvalue weighted by atomic mass is 19.1. The van der Waals surface area contributed by atoms with Crippen LogP contribution < -0.4 is 20.9 Å². The summed E-state index contributed by atoms with van der Waals surface area (Å²) in [4.78, 5) is 35.1. The number of halogens is 1. The van der Waals surface area contributed by atoms with E-state index in [9.17, 15) is 18.8 Å². The van der Waals surface area contributed by atoms with Gasteiger partial charge in [0.25, 0.3) is 11.8 Å². The second-order valence-electron chi connectivity index (χ2n) is 5.61. The highest BCUT2D eigenvalue weighted by molar-refractivity contribution is 5.89. The molecule has 1 aromatic carbocycles. The summed E-state index contributed by atoms with van der Waals surface area (Å²) in [6.07, 6.45) is -0.908. The molecule has 0 fully saturated rings. The molecule has 3 amide bonds. The Hall–Kier alpha value is -2.64. The summed E-state index contributed by atoms with van der Waals surface area (Å²) in [5.41, 5.74) is 4.49. The number of hydrogen-bond acceptors (Lipinski definition) is 4. The fraction of sp³-hybridized carbons (Fsp3) is 0.438. The number of hydrazine groups is 1. The van der Waals surface area contributed by atoms with Crippen molar-refractivity contribution in [3.63, 3.8) is 0 Å². The summed E-state index contributed by atoms with van der Waals surface area (Å²) < 4.78 is 18.1. The van der Waals surface area contributed by atoms with Gasteiger partial charge in [-0.25, -0.2) is 4.39 Å². The smallest absolute Gasteiger partial charge is 0.279 e. The van der Waals surface area contributed by atoms with E-state index < -0.39 is 29.8 Å². The molecule has 3 N–H and O–H groups in total. The van der Waals surface area contributed by atoms with Crippen LogP contribution in [-0.4, -0.2) is 29.9 Å². The zero-order valence-electron chi connectivity index (χ0n) is 14.1. The first-order chi connectivity index (χ1) is 11.2. The van der Waals surface area contributed by atoms with Crippen LogP contribution in [-0.2, 0) is 14.4 Å². The first kappa shape index (κ1) is 19.4. The van der Waals surface area contributed by atoms with E-state index in [2.05, 4.69) is 16.2 Å². The molecular weight excluding hydrogens is 317 g/mol. The van der Waals surface area contributed by atoms with Crippen LogP contribution in [0.15, 0.2) is 24.3 Å². The van der Waals surface area contributed by atoms with E-state index in [1.807, 2.05) is 0 Å². The summed E-state index contributed by atoms with van der Waals surface area (Å²) in [6.45, 7) is 6.32. The molecule has 0 heterocycles. The average Bonchev–Trinajstić information content (AvgIpc) is 2.51. The number of carbonyl (C=O) groups excluding carboxylic acids is 3. The number of ether oxygens (including phenoxy) is 1. The molecule has 132 valence electrons. The van der Waals surface area contributed by atoms with E-state index in [-0.39, 0.29) is 11.8 Å². The monoisotopic (exact) mass is 339 g/mol. The van der Waals surface area contributed by atoms with Gasteiger partial charge < -0.3 is 10.1 Å². The van der Waals surface area contributed by atoms with Crippen molar-refractivity contribution in [3.8, 4) is 5.75 Å². The summed E-state index contributed by atoms with van der Waals surface area (Å²) in [5.74, 6) is -1.71. The van der Waals surface area contributed by atoms with E-state index >= 15 is 0 Å². The van der Waals surface area contributed by atoms with Crippen LogP contribution in [0.25, 0.3) is 0 Å². The Morgan fingerprint density at radius 2 is 1.54 bits per heavy atom. The topological polar surface area (TPSA) is 96.5 Å². The Labute approximate surface area is 139 Å². The van der Waals surface area contributed by atoms with Gasteiger partial charge in [0.15, 0.2) is 6.10 Å². The quantitative estimate of drug-likeness (QED) is 0.671. The second-order valence-corrected chi connectivity index (χ2v) is 5.61. The van der Waals surface area contributed by atoms with Gasteiger partial charge in [-0.05, 0) is 37.1 Å². The maximum Gasteiger partial charge on any atom is 0.279 e. The molecular formula is C16H22FN3O4. The van der Waals surface area contributed by atoms with Crippen LogP contribution in [0.2, 0.25) is 0 Å². The molecule has 0 aliphatic rings. The standard InChI is InChI=1S/C16H22FN3O4/c1-9(2)14(18-11(4)21)16(23)20-19-15(22)10(3)24-13-7-5-12(17)6-8-13/h5-10,14H,1-4H3,(H,18,21)(H,19,22)(H,20,23).